The highest BCUT2D eigenvalue weighted by Gasteiger charge is 2.20. The summed E-state index contributed by atoms with van der Waals surface area (Å²) in [5, 5.41) is 3.15. The molecule has 3 nitrogen and oxygen atoms in total. The predicted molar refractivity (Wildman–Crippen MR) is 60.7 cm³/mol. The SMILES string of the molecule is CCCCCCCOC(=O)CC1CNC1. The summed E-state index contributed by atoms with van der Waals surface area (Å²) >= 11 is 0. The molecule has 0 bridgehead atoms. The Balaban J connectivity index is 1.83. The lowest BCUT2D eigenvalue weighted by atomic mass is 10.00. The van der Waals surface area contributed by atoms with E-state index in [9.17, 15) is 4.79 Å². The van der Waals surface area contributed by atoms with Gasteiger partial charge in [0.2, 0.25) is 0 Å². The fraction of sp³-hybridized carbons (Fsp3) is 0.917. The van der Waals surface area contributed by atoms with Gasteiger partial charge in [0, 0.05) is 0 Å². The van der Waals surface area contributed by atoms with Crippen LogP contribution in [-0.4, -0.2) is 25.7 Å². The number of esters is 1. The molecule has 0 spiro atoms. The molecule has 1 heterocycles. The molecule has 1 aliphatic rings. The number of hydrogen-bond donors (Lipinski definition) is 1. The number of hydrogen-bond acceptors (Lipinski definition) is 3. The van der Waals surface area contributed by atoms with Crippen molar-refractivity contribution in [2.45, 2.75) is 45.4 Å². The Morgan fingerprint density at radius 3 is 2.60 bits per heavy atom. The van der Waals surface area contributed by atoms with E-state index < -0.39 is 0 Å². The van der Waals surface area contributed by atoms with E-state index in [0.29, 0.717) is 18.9 Å². The molecular formula is C12H23NO2. The zero-order valence-electron chi connectivity index (χ0n) is 9.76. The van der Waals surface area contributed by atoms with E-state index in [2.05, 4.69) is 12.2 Å². The van der Waals surface area contributed by atoms with E-state index in [4.69, 9.17) is 4.74 Å². The van der Waals surface area contributed by atoms with E-state index in [1.165, 1.54) is 25.7 Å². The Labute approximate surface area is 92.6 Å². The molecule has 88 valence electrons. The summed E-state index contributed by atoms with van der Waals surface area (Å²) in [7, 11) is 0. The maximum atomic E-state index is 11.3. The lowest BCUT2D eigenvalue weighted by Crippen LogP contribution is -2.43. The Morgan fingerprint density at radius 1 is 1.27 bits per heavy atom. The van der Waals surface area contributed by atoms with Crippen molar-refractivity contribution < 1.29 is 9.53 Å². The monoisotopic (exact) mass is 213 g/mol. The van der Waals surface area contributed by atoms with Gasteiger partial charge in [0.1, 0.15) is 0 Å². The topological polar surface area (TPSA) is 38.3 Å². The summed E-state index contributed by atoms with van der Waals surface area (Å²) in [6.45, 7) is 4.77. The zero-order chi connectivity index (χ0) is 10.9. The second kappa shape index (κ2) is 7.69. The number of carbonyl (C=O) groups excluding carboxylic acids is 1. The molecule has 1 fully saturated rings. The number of ether oxygens (including phenoxy) is 1. The van der Waals surface area contributed by atoms with Gasteiger partial charge in [-0.1, -0.05) is 32.6 Å². The normalized spacial score (nSPS) is 16.1. The number of rotatable bonds is 8. The van der Waals surface area contributed by atoms with Crippen LogP contribution in [0.1, 0.15) is 45.4 Å². The first-order chi connectivity index (χ1) is 7.33. The molecule has 1 saturated heterocycles. The molecule has 0 aromatic rings. The van der Waals surface area contributed by atoms with Gasteiger partial charge in [0.15, 0.2) is 0 Å². The van der Waals surface area contributed by atoms with Crippen LogP contribution in [0.4, 0.5) is 0 Å². The highest BCUT2D eigenvalue weighted by molar-refractivity contribution is 5.69. The summed E-state index contributed by atoms with van der Waals surface area (Å²) in [6, 6.07) is 0. The van der Waals surface area contributed by atoms with E-state index in [-0.39, 0.29) is 5.97 Å². The first-order valence-electron chi connectivity index (χ1n) is 6.19. The Kier molecular flexibility index (Phi) is 6.41. The van der Waals surface area contributed by atoms with Crippen molar-refractivity contribution >= 4 is 5.97 Å². The van der Waals surface area contributed by atoms with Crippen molar-refractivity contribution in [3.63, 3.8) is 0 Å². The van der Waals surface area contributed by atoms with E-state index in [1.807, 2.05) is 0 Å². The molecule has 1 aliphatic heterocycles. The van der Waals surface area contributed by atoms with Crippen molar-refractivity contribution in [1.82, 2.24) is 5.32 Å². The molecular weight excluding hydrogens is 190 g/mol. The molecule has 0 aromatic carbocycles. The maximum absolute atomic E-state index is 11.3. The molecule has 0 aromatic heterocycles. The Morgan fingerprint density at radius 2 is 2.00 bits per heavy atom. The van der Waals surface area contributed by atoms with Gasteiger partial charge in [-0.05, 0) is 25.4 Å². The second-order valence-corrected chi connectivity index (χ2v) is 4.36. The van der Waals surface area contributed by atoms with Crippen LogP contribution in [0.3, 0.4) is 0 Å². The quantitative estimate of drug-likeness (QED) is 0.496. The number of carbonyl (C=O) groups is 1. The van der Waals surface area contributed by atoms with Crippen LogP contribution in [-0.2, 0) is 9.53 Å². The third-order valence-electron chi connectivity index (χ3n) is 2.83. The molecule has 1 N–H and O–H groups in total. The summed E-state index contributed by atoms with van der Waals surface area (Å²) in [4.78, 5) is 11.3. The fourth-order valence-electron chi connectivity index (χ4n) is 1.68. The lowest BCUT2D eigenvalue weighted by Gasteiger charge is -2.25. The molecule has 1 rings (SSSR count). The van der Waals surface area contributed by atoms with Gasteiger partial charge in [0.05, 0.1) is 13.0 Å². The van der Waals surface area contributed by atoms with Gasteiger partial charge < -0.3 is 10.1 Å². The number of unbranched alkanes of at least 4 members (excludes halogenated alkanes) is 4. The maximum Gasteiger partial charge on any atom is 0.306 e. The van der Waals surface area contributed by atoms with Crippen LogP contribution < -0.4 is 5.32 Å². The average Bonchev–Trinajstić information content (AvgIpc) is 2.17. The smallest absolute Gasteiger partial charge is 0.306 e. The Bertz CT molecular complexity index is 178. The van der Waals surface area contributed by atoms with E-state index in [0.717, 1.165) is 19.5 Å². The summed E-state index contributed by atoms with van der Waals surface area (Å²) in [5.74, 6) is 0.509. The Hall–Kier alpha value is -0.570. The molecule has 0 saturated carbocycles. The zero-order valence-corrected chi connectivity index (χ0v) is 9.76. The molecule has 0 unspecified atom stereocenters. The second-order valence-electron chi connectivity index (χ2n) is 4.36. The third kappa shape index (κ3) is 5.78. The molecule has 0 aliphatic carbocycles. The standard InChI is InChI=1S/C12H23NO2/c1-2-3-4-5-6-7-15-12(14)8-11-9-13-10-11/h11,13H,2-10H2,1H3. The van der Waals surface area contributed by atoms with Gasteiger partial charge >= 0.3 is 5.97 Å². The van der Waals surface area contributed by atoms with Gasteiger partial charge in [0.25, 0.3) is 0 Å². The minimum atomic E-state index is -0.0167. The predicted octanol–water partition coefficient (Wildman–Crippen LogP) is 2.11. The molecule has 0 amide bonds. The van der Waals surface area contributed by atoms with Crippen LogP contribution in [0.25, 0.3) is 0 Å². The number of nitrogens with one attached hydrogen (secondary N) is 1. The average molecular weight is 213 g/mol. The largest absolute Gasteiger partial charge is 0.466 e. The fourth-order valence-corrected chi connectivity index (χ4v) is 1.68. The first kappa shape index (κ1) is 12.5. The molecule has 0 radical (unpaired) electrons. The van der Waals surface area contributed by atoms with E-state index in [1.54, 1.807) is 0 Å². The van der Waals surface area contributed by atoms with Crippen LogP contribution in [0.2, 0.25) is 0 Å². The molecule has 0 atom stereocenters. The van der Waals surface area contributed by atoms with Gasteiger partial charge in [-0.25, -0.2) is 0 Å². The van der Waals surface area contributed by atoms with Crippen LogP contribution in [0.5, 0.6) is 0 Å². The molecule has 3 heteroatoms. The van der Waals surface area contributed by atoms with E-state index >= 15 is 0 Å². The van der Waals surface area contributed by atoms with Gasteiger partial charge in [-0.2, -0.15) is 0 Å². The van der Waals surface area contributed by atoms with Gasteiger partial charge in [-0.15, -0.1) is 0 Å². The summed E-state index contributed by atoms with van der Waals surface area (Å²) in [6.07, 6.45) is 6.62. The highest BCUT2D eigenvalue weighted by Crippen LogP contribution is 2.09. The van der Waals surface area contributed by atoms with Crippen molar-refractivity contribution in [2.24, 2.45) is 5.92 Å². The molecule has 15 heavy (non-hydrogen) atoms. The summed E-state index contributed by atoms with van der Waals surface area (Å²) in [5.41, 5.74) is 0. The van der Waals surface area contributed by atoms with Crippen molar-refractivity contribution in [3.05, 3.63) is 0 Å². The minimum absolute atomic E-state index is 0.0167. The first-order valence-corrected chi connectivity index (χ1v) is 6.19. The van der Waals surface area contributed by atoms with Crippen LogP contribution in [0, 0.1) is 5.92 Å². The van der Waals surface area contributed by atoms with Crippen LogP contribution >= 0.6 is 0 Å². The lowest BCUT2D eigenvalue weighted by molar-refractivity contribution is -0.145. The van der Waals surface area contributed by atoms with Crippen LogP contribution in [0.15, 0.2) is 0 Å². The summed E-state index contributed by atoms with van der Waals surface area (Å²) < 4.78 is 5.16. The van der Waals surface area contributed by atoms with Gasteiger partial charge in [-0.3, -0.25) is 4.79 Å². The van der Waals surface area contributed by atoms with Crippen molar-refractivity contribution in [3.8, 4) is 0 Å². The van der Waals surface area contributed by atoms with Crippen molar-refractivity contribution in [1.29, 1.82) is 0 Å². The van der Waals surface area contributed by atoms with Crippen molar-refractivity contribution in [2.75, 3.05) is 19.7 Å². The highest BCUT2D eigenvalue weighted by atomic mass is 16.5. The third-order valence-corrected chi connectivity index (χ3v) is 2.83. The minimum Gasteiger partial charge on any atom is -0.466 e.